The number of carbonyl (C=O) groups excluding carboxylic acids is 9. The van der Waals surface area contributed by atoms with Crippen LogP contribution in [0.5, 0.6) is 0 Å². The summed E-state index contributed by atoms with van der Waals surface area (Å²) in [5.74, 6) is -1.37. The summed E-state index contributed by atoms with van der Waals surface area (Å²) in [7, 11) is 15.7. The van der Waals surface area contributed by atoms with E-state index < -0.39 is 47.9 Å². The highest BCUT2D eigenvalue weighted by molar-refractivity contribution is 5.98. The molecule has 0 bridgehead atoms. The Morgan fingerprint density at radius 2 is 1.15 bits per heavy atom. The van der Waals surface area contributed by atoms with Crippen molar-refractivity contribution in [2.24, 2.45) is 11.8 Å². The predicted octanol–water partition coefficient (Wildman–Crippen LogP) is 4.79. The number of esters is 1. The molecule has 85 heavy (non-hydrogen) atoms. The number of fused-ring (bicyclic) bond motifs is 2. The van der Waals surface area contributed by atoms with Crippen molar-refractivity contribution in [2.75, 3.05) is 76.7 Å². The third kappa shape index (κ3) is 26.9. The molecule has 10 atom stereocenters. The minimum atomic E-state index is -1.12. The summed E-state index contributed by atoms with van der Waals surface area (Å²) >= 11 is 0. The fraction of sp³-hybridized carbons (Fsp3) is 0.532. The number of aldehydes is 5. The lowest BCUT2D eigenvalue weighted by atomic mass is 9.98. The van der Waals surface area contributed by atoms with Crippen molar-refractivity contribution in [1.82, 2.24) is 60.8 Å². The van der Waals surface area contributed by atoms with E-state index in [2.05, 4.69) is 61.6 Å². The average molecular weight is 1190 g/mol. The minimum absolute atomic E-state index is 0.00650. The Morgan fingerprint density at radius 3 is 1.59 bits per heavy atom. The van der Waals surface area contributed by atoms with Crippen molar-refractivity contribution in [3.8, 4) is 0 Å². The van der Waals surface area contributed by atoms with Crippen LogP contribution < -0.4 is 21.3 Å². The smallest absolute Gasteiger partial charge is 0.323 e. The summed E-state index contributed by atoms with van der Waals surface area (Å²) < 4.78 is 10.3. The summed E-state index contributed by atoms with van der Waals surface area (Å²) in [6.45, 7) is 19.6. The second-order valence-electron chi connectivity index (χ2n) is 20.2. The lowest BCUT2D eigenvalue weighted by Gasteiger charge is -2.30. The SMILES string of the molecule is C=C(C(C)NC)N(C)[C@H](C=O)C/C=C\C[C@@H](C=O)N(C)C(=O)C(C)NC(=O)C(COC)NC(=O)c1cnc2ccccc2n1.CC.CCC(C)C(C(=O)OCC(C=O)NC)N(C)C.CCC(C)C(C=O)N(C)C.O=Cc1cnc2ccccc2n1. The largest absolute Gasteiger partial charge is 0.462 e. The van der Waals surface area contributed by atoms with Crippen LogP contribution in [0.4, 0.5) is 0 Å². The van der Waals surface area contributed by atoms with Gasteiger partial charge in [-0.25, -0.2) is 9.97 Å². The maximum Gasteiger partial charge on any atom is 0.323 e. The van der Waals surface area contributed by atoms with Crippen LogP contribution in [-0.4, -0.2) is 220 Å². The molecule has 4 aromatic rings. The molecule has 470 valence electrons. The molecule has 3 amide bonds. The molecule has 0 saturated carbocycles. The number of hydrogen-bond donors (Lipinski definition) is 4. The third-order valence-electron chi connectivity index (χ3n) is 13.8. The summed E-state index contributed by atoms with van der Waals surface area (Å²) in [4.78, 5) is 129. The highest BCUT2D eigenvalue weighted by Crippen LogP contribution is 2.16. The molecule has 4 N–H and O–H groups in total. The van der Waals surface area contributed by atoms with Gasteiger partial charge in [0.05, 0.1) is 65.2 Å². The van der Waals surface area contributed by atoms with Gasteiger partial charge in [0.25, 0.3) is 5.91 Å². The fourth-order valence-corrected chi connectivity index (χ4v) is 7.92. The number of hydrogen-bond acceptors (Lipinski definition) is 20. The molecule has 0 aliphatic heterocycles. The van der Waals surface area contributed by atoms with Gasteiger partial charge < -0.3 is 59.7 Å². The molecule has 23 nitrogen and oxygen atoms in total. The number of ether oxygens (including phenoxy) is 2. The van der Waals surface area contributed by atoms with Crippen LogP contribution >= 0.6 is 0 Å². The van der Waals surface area contributed by atoms with E-state index in [1.807, 2.05) is 104 Å². The van der Waals surface area contributed by atoms with Gasteiger partial charge in [-0.3, -0.25) is 43.7 Å². The van der Waals surface area contributed by atoms with E-state index >= 15 is 0 Å². The van der Waals surface area contributed by atoms with Crippen molar-refractivity contribution in [2.45, 2.75) is 129 Å². The van der Waals surface area contributed by atoms with E-state index in [0.29, 0.717) is 41.6 Å². The van der Waals surface area contributed by atoms with E-state index in [4.69, 9.17) is 9.47 Å². The Hall–Kier alpha value is -7.57. The summed E-state index contributed by atoms with van der Waals surface area (Å²) in [6.07, 6.45) is 12.8. The Morgan fingerprint density at radius 1 is 0.635 bits per heavy atom. The number of benzene rings is 2. The number of nitrogens with one attached hydrogen (secondary N) is 4. The Kier molecular flexibility index (Phi) is 39.3. The average Bonchev–Trinajstić information content (AvgIpc) is 3.59. The first-order valence-electron chi connectivity index (χ1n) is 28.5. The lowest BCUT2D eigenvalue weighted by molar-refractivity contribution is -0.152. The first kappa shape index (κ1) is 77.4. The van der Waals surface area contributed by atoms with E-state index in [9.17, 15) is 43.2 Å². The highest BCUT2D eigenvalue weighted by atomic mass is 16.5. The van der Waals surface area contributed by atoms with Crippen molar-refractivity contribution in [3.63, 3.8) is 0 Å². The van der Waals surface area contributed by atoms with Crippen LogP contribution in [0.3, 0.4) is 0 Å². The third-order valence-corrected chi connectivity index (χ3v) is 13.8. The predicted molar refractivity (Wildman–Crippen MR) is 333 cm³/mol. The van der Waals surface area contributed by atoms with Crippen molar-refractivity contribution >= 4 is 77.2 Å². The first-order valence-corrected chi connectivity index (χ1v) is 28.5. The number of para-hydroxylation sites is 4. The van der Waals surface area contributed by atoms with Gasteiger partial charge in [0.2, 0.25) is 11.8 Å². The van der Waals surface area contributed by atoms with Gasteiger partial charge in [0.1, 0.15) is 61.3 Å². The zero-order chi connectivity index (χ0) is 64.8. The monoisotopic (exact) mass is 1180 g/mol. The second kappa shape index (κ2) is 43.1. The molecule has 0 aliphatic carbocycles. The van der Waals surface area contributed by atoms with Gasteiger partial charge in [-0.1, -0.05) is 97.4 Å². The number of likely N-dealkylation sites (N-methyl/N-ethyl adjacent to an activating group) is 6. The Balaban J connectivity index is 0.00000138. The number of aromatic nitrogens is 4. The van der Waals surface area contributed by atoms with E-state index in [0.717, 1.165) is 48.4 Å². The maximum atomic E-state index is 13.1. The molecule has 8 unspecified atom stereocenters. The van der Waals surface area contributed by atoms with Gasteiger partial charge >= 0.3 is 5.97 Å². The van der Waals surface area contributed by atoms with Crippen molar-refractivity contribution in [1.29, 1.82) is 0 Å². The van der Waals surface area contributed by atoms with E-state index in [-0.39, 0.29) is 55.3 Å². The molecule has 0 fully saturated rings. The summed E-state index contributed by atoms with van der Waals surface area (Å²) in [5.41, 5.74) is 3.86. The molecule has 2 aromatic carbocycles. The standard InChI is InChI=1S/C31H43N7O6.C12H24N2O3.C9H6N2O.C8H17NO.C2H6/c1-20(32-4)22(3)37(5)23(17-39)12-8-9-13-24(18-40)38(6)31(43)21(2)34-30(42)28(19-44-7)36-29(41)27-16-33-25-14-10-11-15-26(25)35-27;1-6-9(2)11(14(4)5)12(16)17-8-10(7-15)13-3;12-6-7-5-10-8-3-1-2-4-9(8)11-7;1-5-7(2)8(6-10)9(3)4;1-2/h8-11,14-18,20-21,23-24,28,32H,3,12-13,19H2,1-2,4-7H3,(H,34,42)(H,36,41);7,9-11,13H,6,8H2,1-5H3;1-6H;6-8H,5H2,1-4H3;1-2H3/b9-8-;;;;/t20?,21?,23-,24-,28?;;;;/m0..../s1. The van der Waals surface area contributed by atoms with Gasteiger partial charge in [-0.05, 0) is 105 Å². The molecule has 0 radical (unpaired) electrons. The zero-order valence-corrected chi connectivity index (χ0v) is 53.1. The normalized spacial score (nSPS) is 14.3. The molecule has 0 saturated heterocycles. The van der Waals surface area contributed by atoms with Gasteiger partial charge in [0.15, 0.2) is 6.29 Å². The summed E-state index contributed by atoms with van der Waals surface area (Å²) in [5, 5.41) is 11.0. The molecule has 4 rings (SSSR count). The van der Waals surface area contributed by atoms with Gasteiger partial charge in [-0.15, -0.1) is 0 Å². The van der Waals surface area contributed by atoms with Gasteiger partial charge in [0, 0.05) is 32.9 Å². The fourth-order valence-electron chi connectivity index (χ4n) is 7.92. The molecule has 2 heterocycles. The van der Waals surface area contributed by atoms with Crippen molar-refractivity contribution in [3.05, 3.63) is 96.7 Å². The minimum Gasteiger partial charge on any atom is -0.462 e. The van der Waals surface area contributed by atoms with E-state index in [1.165, 1.54) is 38.4 Å². The molecule has 2 aromatic heterocycles. The molecular formula is C62H96N12O11. The lowest BCUT2D eigenvalue weighted by Crippen LogP contribution is -2.55. The second-order valence-corrected chi connectivity index (χ2v) is 20.2. The number of nitrogens with zero attached hydrogens (tertiary/aromatic N) is 8. The molecule has 0 aliphatic rings. The Labute approximate surface area is 503 Å². The van der Waals surface area contributed by atoms with Crippen LogP contribution in [0.25, 0.3) is 22.1 Å². The quantitative estimate of drug-likeness (QED) is 0.0299. The van der Waals surface area contributed by atoms with Crippen LogP contribution in [0, 0.1) is 11.8 Å². The molecule has 23 heteroatoms. The van der Waals surface area contributed by atoms with Crippen LogP contribution in [0.15, 0.2) is 85.4 Å². The first-order chi connectivity index (χ1) is 40.5. The van der Waals surface area contributed by atoms with Crippen LogP contribution in [0.2, 0.25) is 0 Å². The van der Waals surface area contributed by atoms with Crippen LogP contribution in [-0.2, 0) is 43.0 Å². The maximum absolute atomic E-state index is 13.1. The number of methoxy groups -OCH3 is 1. The van der Waals surface area contributed by atoms with Crippen molar-refractivity contribution < 1.29 is 52.6 Å². The Bertz CT molecular complexity index is 2710. The molecule has 0 spiro atoms. The zero-order valence-electron chi connectivity index (χ0n) is 53.1. The van der Waals surface area contributed by atoms with Crippen LogP contribution in [0.1, 0.15) is 102 Å². The topological polar surface area (TPSA) is 285 Å². The number of rotatable bonds is 31. The molecular weight excluding hydrogens is 1090 g/mol. The van der Waals surface area contributed by atoms with E-state index in [1.54, 1.807) is 55.4 Å². The highest BCUT2D eigenvalue weighted by Gasteiger charge is 2.30. The number of carbonyl (C=O) groups is 9. The number of amides is 3. The van der Waals surface area contributed by atoms with Gasteiger partial charge in [-0.2, -0.15) is 0 Å². The summed E-state index contributed by atoms with van der Waals surface area (Å²) in [6, 6.07) is 10.5.